The van der Waals surface area contributed by atoms with E-state index in [-0.39, 0.29) is 36.4 Å². The second-order valence-corrected chi connectivity index (χ2v) is 10.9. The summed E-state index contributed by atoms with van der Waals surface area (Å²) >= 11 is 1.90. The molecule has 0 saturated carbocycles. The highest BCUT2D eigenvalue weighted by molar-refractivity contribution is 14.1. The molecule has 7 nitrogen and oxygen atoms in total. The van der Waals surface area contributed by atoms with Crippen LogP contribution in [-0.2, 0) is 15.0 Å². The highest BCUT2D eigenvalue weighted by Gasteiger charge is 2.33. The lowest BCUT2D eigenvalue weighted by Crippen LogP contribution is -2.48. The third-order valence-corrected chi connectivity index (χ3v) is 7.21. The van der Waals surface area contributed by atoms with Crippen molar-refractivity contribution in [1.29, 1.82) is 0 Å². The molecule has 0 radical (unpaired) electrons. The Bertz CT molecular complexity index is 1150. The molecule has 1 heterocycles. The molecule has 1 fully saturated rings. The molecule has 0 bridgehead atoms. The molecule has 0 aliphatic carbocycles. The van der Waals surface area contributed by atoms with Crippen molar-refractivity contribution in [2.45, 2.75) is 32.7 Å². The highest BCUT2D eigenvalue weighted by Crippen LogP contribution is 2.33. The second kappa shape index (κ2) is 10.5. The van der Waals surface area contributed by atoms with Crippen LogP contribution in [0.3, 0.4) is 0 Å². The van der Waals surface area contributed by atoms with E-state index in [9.17, 15) is 26.4 Å². The summed E-state index contributed by atoms with van der Waals surface area (Å²) in [4.78, 5) is 12.3. The van der Waals surface area contributed by atoms with E-state index < -0.39 is 39.3 Å². The summed E-state index contributed by atoms with van der Waals surface area (Å²) < 4.78 is 72.8. The van der Waals surface area contributed by atoms with Gasteiger partial charge in [0.05, 0.1) is 17.3 Å². The number of anilines is 3. The van der Waals surface area contributed by atoms with Gasteiger partial charge < -0.3 is 10.6 Å². The van der Waals surface area contributed by atoms with Gasteiger partial charge in [-0.1, -0.05) is 0 Å². The van der Waals surface area contributed by atoms with E-state index in [1.54, 1.807) is 6.07 Å². The van der Waals surface area contributed by atoms with Crippen molar-refractivity contribution in [1.82, 2.24) is 9.62 Å². The Morgan fingerprint density at radius 2 is 1.82 bits per heavy atom. The molecule has 3 rings (SSSR count). The number of carbonyl (C=O) groups is 1. The molecule has 1 saturated heterocycles. The fourth-order valence-corrected chi connectivity index (χ4v) is 5.24. The van der Waals surface area contributed by atoms with Gasteiger partial charge >= 0.3 is 10.2 Å². The highest BCUT2D eigenvalue weighted by atomic mass is 127. The zero-order valence-corrected chi connectivity index (χ0v) is 20.9. The molecule has 180 valence electrons. The number of hydrogen-bond donors (Lipinski definition) is 3. The van der Waals surface area contributed by atoms with Crippen LogP contribution < -0.4 is 15.4 Å². The topological polar surface area (TPSA) is 90.5 Å². The second-order valence-electron chi connectivity index (χ2n) is 8.00. The fraction of sp³-hybridized carbons (Fsp3) is 0.381. The summed E-state index contributed by atoms with van der Waals surface area (Å²) in [5.41, 5.74) is -0.992. The number of nitrogens with zero attached hydrogens (tertiary/aromatic N) is 1. The summed E-state index contributed by atoms with van der Waals surface area (Å²) in [6.45, 7) is 3.74. The van der Waals surface area contributed by atoms with Crippen molar-refractivity contribution >= 4 is 55.8 Å². The molecule has 2 aromatic rings. The minimum absolute atomic E-state index is 0.0495. The van der Waals surface area contributed by atoms with Crippen LogP contribution in [0.4, 0.5) is 30.2 Å². The zero-order valence-electron chi connectivity index (χ0n) is 18.0. The quantitative estimate of drug-likeness (QED) is 0.415. The Hall–Kier alpha value is -2.06. The molecule has 2 aromatic carbocycles. The molecule has 0 spiro atoms. The largest absolute Gasteiger partial charge is 0.354 e. The Morgan fingerprint density at radius 1 is 1.12 bits per heavy atom. The number of amides is 1. The van der Waals surface area contributed by atoms with Crippen molar-refractivity contribution < 1.29 is 26.4 Å². The number of carbonyl (C=O) groups excluding carboxylic acids is 1. The summed E-state index contributed by atoms with van der Waals surface area (Å²) in [6.07, 6.45) is 1.00. The van der Waals surface area contributed by atoms with Gasteiger partial charge in [-0.15, -0.1) is 0 Å². The van der Waals surface area contributed by atoms with E-state index in [2.05, 4.69) is 15.4 Å². The Balaban J connectivity index is 1.86. The van der Waals surface area contributed by atoms with Gasteiger partial charge in [-0.05, 0) is 79.6 Å². The predicted octanol–water partition coefficient (Wildman–Crippen LogP) is 4.35. The molecular weight excluding hydrogens is 572 g/mol. The molecule has 1 unspecified atom stereocenters. The lowest BCUT2D eigenvalue weighted by atomic mass is 9.98. The number of hydrogen-bond acceptors (Lipinski definition) is 4. The van der Waals surface area contributed by atoms with Gasteiger partial charge in [0.1, 0.15) is 11.5 Å². The maximum Gasteiger partial charge on any atom is 0.301 e. The number of piperidine rings is 1. The molecular formula is C21H24F3IN4O3S. The van der Waals surface area contributed by atoms with E-state index in [1.165, 1.54) is 12.1 Å². The van der Waals surface area contributed by atoms with Crippen molar-refractivity contribution in [2.75, 3.05) is 23.1 Å². The minimum atomic E-state index is -4.21. The first-order chi connectivity index (χ1) is 15.5. The van der Waals surface area contributed by atoms with Crippen LogP contribution in [0.5, 0.6) is 0 Å². The molecule has 33 heavy (non-hydrogen) atoms. The third-order valence-electron chi connectivity index (χ3n) is 5.05. The first-order valence-corrected chi connectivity index (χ1v) is 12.8. The van der Waals surface area contributed by atoms with E-state index in [0.29, 0.717) is 16.4 Å². The smallest absolute Gasteiger partial charge is 0.301 e. The first kappa shape index (κ1) is 25.6. The Kier molecular flexibility index (Phi) is 8.11. The number of rotatable bonds is 7. The standard InChI is InChI=1S/C21H24F3IN4O3S/c1-12(2)26-21(30)13-4-3-9-29(11-13)33(31,32)28-18-8-6-15(22)19(24)20(18)27-17-7-5-14(25)10-16(17)23/h5-8,10,12-13,27-28H,3-4,9,11H2,1-2H3,(H,26,30). The summed E-state index contributed by atoms with van der Waals surface area (Å²) in [5.74, 6) is -4.07. The van der Waals surface area contributed by atoms with E-state index in [0.717, 1.165) is 16.4 Å². The summed E-state index contributed by atoms with van der Waals surface area (Å²) in [7, 11) is -4.21. The van der Waals surface area contributed by atoms with Gasteiger partial charge in [0.25, 0.3) is 0 Å². The lowest BCUT2D eigenvalue weighted by Gasteiger charge is -2.32. The zero-order chi connectivity index (χ0) is 24.3. The molecule has 1 atom stereocenters. The summed E-state index contributed by atoms with van der Waals surface area (Å²) in [5, 5.41) is 5.22. The van der Waals surface area contributed by atoms with E-state index in [4.69, 9.17) is 0 Å². The van der Waals surface area contributed by atoms with Crippen molar-refractivity contribution in [2.24, 2.45) is 5.92 Å². The van der Waals surface area contributed by atoms with Crippen LogP contribution in [0.15, 0.2) is 30.3 Å². The molecule has 3 N–H and O–H groups in total. The maximum atomic E-state index is 14.6. The average molecular weight is 596 g/mol. The van der Waals surface area contributed by atoms with Crippen LogP contribution >= 0.6 is 22.6 Å². The molecule has 12 heteroatoms. The monoisotopic (exact) mass is 596 g/mol. The lowest BCUT2D eigenvalue weighted by molar-refractivity contribution is -0.126. The first-order valence-electron chi connectivity index (χ1n) is 10.3. The van der Waals surface area contributed by atoms with Gasteiger partial charge in [-0.2, -0.15) is 12.7 Å². The minimum Gasteiger partial charge on any atom is -0.354 e. The SMILES string of the molecule is CC(C)NC(=O)C1CCCN(S(=O)(=O)Nc2ccc(F)c(F)c2Nc2ccc(I)cc2F)C1. The average Bonchev–Trinajstić information content (AvgIpc) is 2.74. The third kappa shape index (κ3) is 6.29. The molecule has 1 aliphatic heterocycles. The van der Waals surface area contributed by atoms with Gasteiger partial charge in [0, 0.05) is 22.7 Å². The summed E-state index contributed by atoms with van der Waals surface area (Å²) in [6, 6.07) is 5.83. The van der Waals surface area contributed by atoms with Gasteiger partial charge in [-0.25, -0.2) is 13.2 Å². The fourth-order valence-electron chi connectivity index (χ4n) is 3.46. The molecule has 1 amide bonds. The normalized spacial score (nSPS) is 17.1. The van der Waals surface area contributed by atoms with Crippen molar-refractivity contribution in [3.8, 4) is 0 Å². The Labute approximate surface area is 204 Å². The Morgan fingerprint density at radius 3 is 2.48 bits per heavy atom. The van der Waals surface area contributed by atoms with Crippen molar-refractivity contribution in [3.63, 3.8) is 0 Å². The number of benzene rings is 2. The van der Waals surface area contributed by atoms with Crippen LogP contribution in [0, 0.1) is 26.9 Å². The predicted molar refractivity (Wildman–Crippen MR) is 129 cm³/mol. The van der Waals surface area contributed by atoms with Crippen LogP contribution in [0.2, 0.25) is 0 Å². The number of nitrogens with one attached hydrogen (secondary N) is 3. The number of halogens is 4. The molecule has 1 aliphatic rings. The van der Waals surface area contributed by atoms with E-state index in [1.807, 2.05) is 36.4 Å². The van der Waals surface area contributed by atoms with Gasteiger partial charge in [0.2, 0.25) is 5.91 Å². The van der Waals surface area contributed by atoms with Crippen LogP contribution in [0.1, 0.15) is 26.7 Å². The molecule has 0 aromatic heterocycles. The van der Waals surface area contributed by atoms with Crippen molar-refractivity contribution in [3.05, 3.63) is 51.4 Å². The maximum absolute atomic E-state index is 14.6. The van der Waals surface area contributed by atoms with Crippen LogP contribution in [0.25, 0.3) is 0 Å². The van der Waals surface area contributed by atoms with E-state index >= 15 is 0 Å². The van der Waals surface area contributed by atoms with Crippen LogP contribution in [-0.4, -0.2) is 37.8 Å². The van der Waals surface area contributed by atoms with Gasteiger partial charge in [0.15, 0.2) is 11.6 Å². The van der Waals surface area contributed by atoms with Gasteiger partial charge in [-0.3, -0.25) is 9.52 Å².